The van der Waals surface area contributed by atoms with Crippen LogP contribution in [0.4, 0.5) is 4.79 Å². The van der Waals surface area contributed by atoms with Crippen LogP contribution in [0.25, 0.3) is 0 Å². The summed E-state index contributed by atoms with van der Waals surface area (Å²) in [4.78, 5) is 24.8. The van der Waals surface area contributed by atoms with Crippen molar-refractivity contribution in [3.63, 3.8) is 0 Å². The molecule has 0 aliphatic carbocycles. The summed E-state index contributed by atoms with van der Waals surface area (Å²) in [7, 11) is 0. The van der Waals surface area contributed by atoms with Crippen LogP contribution < -0.4 is 0 Å². The number of carbonyl (C=O) groups excluding carboxylic acids is 1. The predicted octanol–water partition coefficient (Wildman–Crippen LogP) is 6.33. The highest BCUT2D eigenvalue weighted by atomic mass is 79.9. The number of benzene rings is 2. The van der Waals surface area contributed by atoms with Gasteiger partial charge in [0.2, 0.25) is 5.89 Å². The number of nitrogens with zero attached hydrogens (tertiary/aromatic N) is 3. The Hall–Kier alpha value is -3.01. The topological polar surface area (TPSA) is 88.7 Å². The second-order valence-corrected chi connectivity index (χ2v) is 11.9. The van der Waals surface area contributed by atoms with Crippen molar-refractivity contribution in [2.45, 2.75) is 51.4 Å². The Labute approximate surface area is 235 Å². The summed E-state index contributed by atoms with van der Waals surface area (Å²) in [6.45, 7) is 6.21. The number of hydrogen-bond acceptors (Lipinski definition) is 7. The van der Waals surface area contributed by atoms with Gasteiger partial charge < -0.3 is 19.2 Å². The van der Waals surface area contributed by atoms with E-state index in [2.05, 4.69) is 25.9 Å². The summed E-state index contributed by atoms with van der Waals surface area (Å²) in [5.74, 6) is 0.728. The smallest absolute Gasteiger partial charge is 0.410 e. The normalized spacial score (nSPS) is 11.9. The summed E-state index contributed by atoms with van der Waals surface area (Å²) in [6.07, 6.45) is 4.32. The first-order chi connectivity index (χ1) is 18.2. The number of aryl methyl sites for hydroxylation is 1. The highest BCUT2D eigenvalue weighted by Crippen LogP contribution is 2.36. The standard InChI is InChI=1S/C29H32BrN3O4S/c1-28(2,3)37-27(34)33(20-25-31-19-24(38-25)14-16-30)17-15-23-18-32-26(36-23)29(35,21-10-6-4-7-11-21)22-12-8-5-9-13-22/h4-13,18-19,35H,14-17,20H2,1-3H3. The molecule has 0 fully saturated rings. The van der Waals surface area contributed by atoms with Gasteiger partial charge in [0, 0.05) is 29.4 Å². The first-order valence-electron chi connectivity index (χ1n) is 12.4. The Morgan fingerprint density at radius 1 is 1.00 bits per heavy atom. The van der Waals surface area contributed by atoms with E-state index in [0.29, 0.717) is 36.4 Å². The lowest BCUT2D eigenvalue weighted by Gasteiger charge is -2.27. The summed E-state index contributed by atoms with van der Waals surface area (Å²) in [5, 5.41) is 13.6. The highest BCUT2D eigenvalue weighted by Gasteiger charge is 2.38. The van der Waals surface area contributed by atoms with Crippen molar-refractivity contribution in [1.29, 1.82) is 0 Å². The fourth-order valence-corrected chi connectivity index (χ4v) is 5.59. The maximum absolute atomic E-state index is 13.0. The quantitative estimate of drug-likeness (QED) is 0.215. The number of aromatic nitrogens is 2. The van der Waals surface area contributed by atoms with Gasteiger partial charge in [-0.2, -0.15) is 0 Å². The first kappa shape index (κ1) is 28.0. The number of carbonyl (C=O) groups is 1. The molecule has 2 aromatic carbocycles. The van der Waals surface area contributed by atoms with Gasteiger partial charge in [-0.1, -0.05) is 76.6 Å². The molecule has 0 aliphatic rings. The van der Waals surface area contributed by atoms with Gasteiger partial charge in [-0.15, -0.1) is 11.3 Å². The average molecular weight is 599 g/mol. The second kappa shape index (κ2) is 12.2. The van der Waals surface area contributed by atoms with Crippen molar-refractivity contribution in [2.75, 3.05) is 11.9 Å². The number of hydrogen-bond donors (Lipinski definition) is 1. The average Bonchev–Trinajstić information content (AvgIpc) is 3.56. The van der Waals surface area contributed by atoms with Crippen molar-refractivity contribution in [3.8, 4) is 0 Å². The van der Waals surface area contributed by atoms with Gasteiger partial charge >= 0.3 is 6.09 Å². The number of amides is 1. The van der Waals surface area contributed by atoms with E-state index in [1.54, 1.807) is 22.4 Å². The van der Waals surface area contributed by atoms with Crippen molar-refractivity contribution in [2.24, 2.45) is 0 Å². The van der Waals surface area contributed by atoms with E-state index in [9.17, 15) is 9.90 Å². The Morgan fingerprint density at radius 3 is 2.21 bits per heavy atom. The lowest BCUT2D eigenvalue weighted by molar-refractivity contribution is 0.0232. The monoisotopic (exact) mass is 597 g/mol. The lowest BCUT2D eigenvalue weighted by Crippen LogP contribution is -2.37. The molecule has 0 saturated carbocycles. The van der Waals surface area contributed by atoms with Crippen LogP contribution in [0.3, 0.4) is 0 Å². The molecule has 0 radical (unpaired) electrons. The summed E-state index contributed by atoms with van der Waals surface area (Å²) >= 11 is 5.05. The van der Waals surface area contributed by atoms with Crippen LogP contribution in [0.5, 0.6) is 0 Å². The molecule has 0 bridgehead atoms. The number of thiazole rings is 1. The van der Waals surface area contributed by atoms with Crippen molar-refractivity contribution in [1.82, 2.24) is 14.9 Å². The molecule has 9 heteroatoms. The van der Waals surface area contributed by atoms with Gasteiger partial charge in [-0.3, -0.25) is 0 Å². The Morgan fingerprint density at radius 2 is 1.63 bits per heavy atom. The Balaban J connectivity index is 1.56. The zero-order valence-corrected chi connectivity index (χ0v) is 24.2. The maximum Gasteiger partial charge on any atom is 0.410 e. The van der Waals surface area contributed by atoms with Gasteiger partial charge in [0.05, 0.1) is 12.7 Å². The van der Waals surface area contributed by atoms with E-state index >= 15 is 0 Å². The minimum atomic E-state index is -1.56. The van der Waals surface area contributed by atoms with Crippen LogP contribution >= 0.6 is 27.3 Å². The Bertz CT molecular complexity index is 1280. The fraction of sp³-hybridized carbons (Fsp3) is 0.345. The molecule has 0 unspecified atom stereocenters. The minimum absolute atomic E-state index is 0.174. The number of oxazole rings is 1. The van der Waals surface area contributed by atoms with Crippen LogP contribution in [-0.2, 0) is 29.7 Å². The summed E-state index contributed by atoms with van der Waals surface area (Å²) in [5.41, 5.74) is -0.880. The molecule has 0 saturated heterocycles. The predicted molar refractivity (Wildman–Crippen MR) is 151 cm³/mol. The molecule has 200 valence electrons. The molecular weight excluding hydrogens is 566 g/mol. The lowest BCUT2D eigenvalue weighted by atomic mass is 9.86. The highest BCUT2D eigenvalue weighted by molar-refractivity contribution is 9.09. The van der Waals surface area contributed by atoms with Gasteiger partial charge in [0.1, 0.15) is 16.4 Å². The number of alkyl halides is 1. The van der Waals surface area contributed by atoms with Crippen LogP contribution in [0.1, 0.15) is 53.4 Å². The molecule has 38 heavy (non-hydrogen) atoms. The molecule has 4 rings (SSSR count). The van der Waals surface area contributed by atoms with E-state index < -0.39 is 17.3 Å². The third-order valence-corrected chi connectivity index (χ3v) is 7.23. The van der Waals surface area contributed by atoms with E-state index in [4.69, 9.17) is 9.15 Å². The molecule has 1 amide bonds. The fourth-order valence-electron chi connectivity index (χ4n) is 3.96. The molecule has 0 aliphatic heterocycles. The second-order valence-electron chi connectivity index (χ2n) is 9.89. The van der Waals surface area contributed by atoms with Gasteiger partial charge in [-0.05, 0) is 38.3 Å². The van der Waals surface area contributed by atoms with Crippen molar-refractivity contribution < 1.29 is 19.1 Å². The molecule has 0 spiro atoms. The number of ether oxygens (including phenoxy) is 1. The minimum Gasteiger partial charge on any atom is -0.444 e. The van der Waals surface area contributed by atoms with Crippen molar-refractivity contribution in [3.05, 3.63) is 106 Å². The van der Waals surface area contributed by atoms with E-state index in [1.807, 2.05) is 87.6 Å². The largest absolute Gasteiger partial charge is 0.444 e. The van der Waals surface area contributed by atoms with Gasteiger partial charge in [0.15, 0.2) is 5.60 Å². The molecule has 2 aromatic heterocycles. The third kappa shape index (κ3) is 6.89. The van der Waals surface area contributed by atoms with Crippen LogP contribution in [0, 0.1) is 0 Å². The van der Waals surface area contributed by atoms with Crippen LogP contribution in [0.2, 0.25) is 0 Å². The zero-order chi connectivity index (χ0) is 27.2. The molecule has 1 N–H and O–H groups in total. The first-order valence-corrected chi connectivity index (χ1v) is 14.4. The van der Waals surface area contributed by atoms with Gasteiger partial charge in [0.25, 0.3) is 0 Å². The summed E-state index contributed by atoms with van der Waals surface area (Å²) in [6, 6.07) is 18.7. The van der Waals surface area contributed by atoms with E-state index in [-0.39, 0.29) is 5.89 Å². The van der Waals surface area contributed by atoms with E-state index in [1.165, 1.54) is 0 Å². The molecular formula is C29H32BrN3O4S. The van der Waals surface area contributed by atoms with Crippen LogP contribution in [0.15, 0.2) is 77.5 Å². The summed E-state index contributed by atoms with van der Waals surface area (Å²) < 4.78 is 11.8. The third-order valence-electron chi connectivity index (χ3n) is 5.79. The Kier molecular flexibility index (Phi) is 9.02. The number of rotatable bonds is 10. The van der Waals surface area contributed by atoms with Crippen molar-refractivity contribution >= 4 is 33.4 Å². The molecule has 2 heterocycles. The van der Waals surface area contributed by atoms with Gasteiger partial charge in [-0.25, -0.2) is 14.8 Å². The zero-order valence-electron chi connectivity index (χ0n) is 21.8. The van der Waals surface area contributed by atoms with E-state index in [0.717, 1.165) is 21.6 Å². The number of aliphatic hydroxyl groups is 1. The maximum atomic E-state index is 13.0. The van der Waals surface area contributed by atoms with Crippen LogP contribution in [-0.4, -0.2) is 43.5 Å². The SMILES string of the molecule is CC(C)(C)OC(=O)N(CCc1cnc(C(O)(c2ccccc2)c2ccccc2)o1)Cc1ncc(CCBr)s1. The molecule has 4 aromatic rings. The number of halogens is 1. The molecule has 7 nitrogen and oxygen atoms in total. The molecule has 0 atom stereocenters.